The van der Waals surface area contributed by atoms with Crippen molar-refractivity contribution in [1.82, 2.24) is 0 Å². The van der Waals surface area contributed by atoms with E-state index in [0.717, 1.165) is 37.7 Å². The monoisotopic (exact) mass is 358 g/mol. The second kappa shape index (κ2) is 8.24. The Kier molecular flexibility index (Phi) is 6.00. The van der Waals surface area contributed by atoms with Crippen LogP contribution in [0.4, 0.5) is 0 Å². The molecule has 26 heavy (non-hydrogen) atoms. The number of aliphatic carboxylic acids is 1. The summed E-state index contributed by atoms with van der Waals surface area (Å²) < 4.78 is 4.75. The molecule has 0 spiro atoms. The van der Waals surface area contributed by atoms with E-state index in [2.05, 4.69) is 0 Å². The summed E-state index contributed by atoms with van der Waals surface area (Å²) in [6.07, 6.45) is 10.5. The average Bonchev–Trinajstić information content (AvgIpc) is 2.68. The third-order valence-electron chi connectivity index (χ3n) is 6.51. The van der Waals surface area contributed by atoms with E-state index in [4.69, 9.17) is 4.74 Å². The minimum absolute atomic E-state index is 0.259. The van der Waals surface area contributed by atoms with Gasteiger partial charge in [0.1, 0.15) is 0 Å². The van der Waals surface area contributed by atoms with Crippen molar-refractivity contribution in [2.24, 2.45) is 11.3 Å². The largest absolute Gasteiger partial charge is 0.481 e. The van der Waals surface area contributed by atoms with Crippen LogP contribution in [0.15, 0.2) is 24.3 Å². The van der Waals surface area contributed by atoms with Crippen LogP contribution in [0, 0.1) is 11.3 Å². The topological polar surface area (TPSA) is 63.6 Å². The van der Waals surface area contributed by atoms with Crippen LogP contribution in [0.2, 0.25) is 0 Å². The third-order valence-corrected chi connectivity index (χ3v) is 6.51. The van der Waals surface area contributed by atoms with E-state index in [1.165, 1.54) is 39.2 Å². The van der Waals surface area contributed by atoms with E-state index >= 15 is 0 Å². The van der Waals surface area contributed by atoms with Crippen molar-refractivity contribution in [2.45, 2.75) is 70.1 Å². The minimum Gasteiger partial charge on any atom is -0.481 e. The van der Waals surface area contributed by atoms with Gasteiger partial charge < -0.3 is 9.84 Å². The Morgan fingerprint density at radius 3 is 2.38 bits per heavy atom. The van der Waals surface area contributed by atoms with Crippen LogP contribution in [0.5, 0.6) is 0 Å². The fraction of sp³-hybridized carbons (Fsp3) is 0.636. The van der Waals surface area contributed by atoms with Gasteiger partial charge in [0, 0.05) is 0 Å². The second-order valence-electron chi connectivity index (χ2n) is 8.20. The Hall–Kier alpha value is -1.84. The second-order valence-corrected chi connectivity index (χ2v) is 8.20. The van der Waals surface area contributed by atoms with E-state index in [9.17, 15) is 14.7 Å². The maximum atomic E-state index is 12.2. The zero-order valence-corrected chi connectivity index (χ0v) is 15.7. The predicted octanol–water partition coefficient (Wildman–Crippen LogP) is 5.17. The maximum Gasteiger partial charge on any atom is 0.337 e. The maximum absolute atomic E-state index is 12.2. The lowest BCUT2D eigenvalue weighted by Gasteiger charge is -2.40. The first-order valence-electron chi connectivity index (χ1n) is 9.96. The summed E-state index contributed by atoms with van der Waals surface area (Å²) in [5.74, 6) is -0.119. The lowest BCUT2D eigenvalue weighted by atomic mass is 9.63. The molecule has 0 bridgehead atoms. The summed E-state index contributed by atoms with van der Waals surface area (Å²) in [7, 11) is 1.38. The Bertz CT molecular complexity index is 630. The molecule has 1 aromatic rings. The van der Waals surface area contributed by atoms with Crippen LogP contribution < -0.4 is 0 Å². The summed E-state index contributed by atoms with van der Waals surface area (Å²) in [6.45, 7) is 0. The molecule has 2 fully saturated rings. The van der Waals surface area contributed by atoms with Crippen LogP contribution >= 0.6 is 0 Å². The number of hydrogen-bond donors (Lipinski definition) is 1. The quantitative estimate of drug-likeness (QED) is 0.737. The normalized spacial score (nSPS) is 27.0. The molecule has 0 aromatic heterocycles. The number of carboxylic acid groups (broad SMARTS) is 1. The number of benzene rings is 1. The molecule has 2 unspecified atom stereocenters. The molecule has 142 valence electrons. The highest BCUT2D eigenvalue weighted by Crippen LogP contribution is 2.49. The Morgan fingerprint density at radius 1 is 1.08 bits per heavy atom. The molecule has 1 N–H and O–H groups in total. The van der Waals surface area contributed by atoms with Gasteiger partial charge in [0.05, 0.1) is 18.1 Å². The minimum atomic E-state index is -0.612. The molecule has 2 saturated carbocycles. The SMILES string of the molecule is COC(=O)c1ccc(C2CCCC(CC3CCCCC3)(C(=O)O)C2)cc1. The van der Waals surface area contributed by atoms with Crippen molar-refractivity contribution in [1.29, 1.82) is 0 Å². The lowest BCUT2D eigenvalue weighted by molar-refractivity contribution is -0.153. The molecular weight excluding hydrogens is 328 g/mol. The van der Waals surface area contributed by atoms with Gasteiger partial charge in [0.25, 0.3) is 0 Å². The number of carboxylic acids is 1. The number of carbonyl (C=O) groups excluding carboxylic acids is 1. The standard InChI is InChI=1S/C22H30O4/c1-26-20(23)18-11-9-17(10-12-18)19-8-5-13-22(15-19,21(24)25)14-16-6-3-2-4-7-16/h9-12,16,19H,2-8,13-15H2,1H3,(H,24,25). The summed E-state index contributed by atoms with van der Waals surface area (Å²) in [5, 5.41) is 10.1. The van der Waals surface area contributed by atoms with Crippen molar-refractivity contribution in [3.8, 4) is 0 Å². The van der Waals surface area contributed by atoms with E-state index in [1.54, 1.807) is 12.1 Å². The molecule has 0 heterocycles. The molecule has 4 nitrogen and oxygen atoms in total. The van der Waals surface area contributed by atoms with Gasteiger partial charge in [-0.15, -0.1) is 0 Å². The molecule has 0 radical (unpaired) electrons. The Morgan fingerprint density at radius 2 is 1.77 bits per heavy atom. The Balaban J connectivity index is 1.75. The van der Waals surface area contributed by atoms with E-state index in [-0.39, 0.29) is 11.9 Å². The van der Waals surface area contributed by atoms with Crippen LogP contribution in [0.25, 0.3) is 0 Å². The smallest absolute Gasteiger partial charge is 0.337 e. The van der Waals surface area contributed by atoms with Gasteiger partial charge in [-0.05, 0) is 55.2 Å². The molecule has 1 aromatic carbocycles. The number of ether oxygens (including phenoxy) is 1. The molecule has 4 heteroatoms. The number of methoxy groups -OCH3 is 1. The summed E-state index contributed by atoms with van der Waals surface area (Å²) in [6, 6.07) is 7.52. The van der Waals surface area contributed by atoms with E-state index in [0.29, 0.717) is 11.5 Å². The molecular formula is C22H30O4. The fourth-order valence-corrected chi connectivity index (χ4v) is 5.07. The van der Waals surface area contributed by atoms with Crippen molar-refractivity contribution in [3.05, 3.63) is 35.4 Å². The Labute approximate surface area is 155 Å². The first-order valence-corrected chi connectivity index (χ1v) is 9.96. The van der Waals surface area contributed by atoms with Crippen LogP contribution in [0.3, 0.4) is 0 Å². The van der Waals surface area contributed by atoms with Crippen molar-refractivity contribution < 1.29 is 19.4 Å². The first kappa shape index (κ1) is 18.9. The van der Waals surface area contributed by atoms with Gasteiger partial charge in [-0.25, -0.2) is 4.79 Å². The van der Waals surface area contributed by atoms with Crippen molar-refractivity contribution in [2.75, 3.05) is 7.11 Å². The van der Waals surface area contributed by atoms with Crippen LogP contribution in [-0.2, 0) is 9.53 Å². The van der Waals surface area contributed by atoms with Gasteiger partial charge in [-0.3, -0.25) is 4.79 Å². The number of hydrogen-bond acceptors (Lipinski definition) is 3. The zero-order chi connectivity index (χ0) is 18.6. The predicted molar refractivity (Wildman–Crippen MR) is 100 cm³/mol. The van der Waals surface area contributed by atoms with E-state index < -0.39 is 11.4 Å². The third kappa shape index (κ3) is 4.11. The molecule has 3 rings (SSSR count). The van der Waals surface area contributed by atoms with E-state index in [1.807, 2.05) is 12.1 Å². The molecule has 0 amide bonds. The number of rotatable bonds is 5. The molecule has 2 atom stereocenters. The molecule has 0 aliphatic heterocycles. The lowest BCUT2D eigenvalue weighted by Crippen LogP contribution is -2.38. The van der Waals surface area contributed by atoms with Crippen LogP contribution in [-0.4, -0.2) is 24.2 Å². The molecule has 0 saturated heterocycles. The highest BCUT2D eigenvalue weighted by atomic mass is 16.5. The highest BCUT2D eigenvalue weighted by molar-refractivity contribution is 5.89. The summed E-state index contributed by atoms with van der Waals surface area (Å²) >= 11 is 0. The molecule has 2 aliphatic carbocycles. The van der Waals surface area contributed by atoms with Gasteiger partial charge in [0.15, 0.2) is 0 Å². The zero-order valence-electron chi connectivity index (χ0n) is 15.7. The average molecular weight is 358 g/mol. The molecule has 2 aliphatic rings. The number of carbonyl (C=O) groups is 2. The summed E-state index contributed by atoms with van der Waals surface area (Å²) in [4.78, 5) is 23.9. The highest BCUT2D eigenvalue weighted by Gasteiger charge is 2.44. The summed E-state index contributed by atoms with van der Waals surface area (Å²) in [5.41, 5.74) is 1.11. The number of esters is 1. The van der Waals surface area contributed by atoms with Gasteiger partial charge in [-0.2, -0.15) is 0 Å². The van der Waals surface area contributed by atoms with Crippen LogP contribution in [0.1, 0.15) is 86.0 Å². The first-order chi connectivity index (χ1) is 12.5. The van der Waals surface area contributed by atoms with Crippen molar-refractivity contribution >= 4 is 11.9 Å². The van der Waals surface area contributed by atoms with Gasteiger partial charge in [-0.1, -0.05) is 50.7 Å². The van der Waals surface area contributed by atoms with Gasteiger partial charge in [0.2, 0.25) is 0 Å². The van der Waals surface area contributed by atoms with Gasteiger partial charge >= 0.3 is 11.9 Å². The fourth-order valence-electron chi connectivity index (χ4n) is 5.07. The van der Waals surface area contributed by atoms with Crippen molar-refractivity contribution in [3.63, 3.8) is 0 Å².